The highest BCUT2D eigenvalue weighted by Crippen LogP contribution is 2.08. The number of allylic oxidation sites excluding steroid dienone is 2. The van der Waals surface area contributed by atoms with E-state index in [2.05, 4.69) is 0 Å². The minimum Gasteiger partial charge on any atom is -0.461 e. The molecule has 0 aromatic heterocycles. The third kappa shape index (κ3) is 8.93. The molecule has 4 nitrogen and oxygen atoms in total. The summed E-state index contributed by atoms with van der Waals surface area (Å²) in [7, 11) is 0. The zero-order valence-corrected chi connectivity index (χ0v) is 14.9. The summed E-state index contributed by atoms with van der Waals surface area (Å²) in [5.74, 6) is -0.525. The topological polar surface area (TPSA) is 52.6 Å². The molecule has 0 aliphatic rings. The molecule has 0 radical (unpaired) electrons. The van der Waals surface area contributed by atoms with Crippen LogP contribution in [0.3, 0.4) is 0 Å². The minimum atomic E-state index is -0.263. The predicted molar refractivity (Wildman–Crippen MR) is 94.6 cm³/mol. The van der Waals surface area contributed by atoms with Crippen molar-refractivity contribution >= 4 is 11.9 Å². The van der Waals surface area contributed by atoms with Gasteiger partial charge in [-0.3, -0.25) is 9.59 Å². The molecule has 0 unspecified atom stereocenters. The molecule has 0 heterocycles. The average molecular weight is 330 g/mol. The lowest BCUT2D eigenvalue weighted by atomic mass is 10.1. The summed E-state index contributed by atoms with van der Waals surface area (Å²) in [5, 5.41) is 0. The summed E-state index contributed by atoms with van der Waals surface area (Å²) >= 11 is 0. The third-order valence-corrected chi connectivity index (χ3v) is 3.19. The van der Waals surface area contributed by atoms with Gasteiger partial charge in [0.2, 0.25) is 0 Å². The lowest BCUT2D eigenvalue weighted by molar-refractivity contribution is -0.142. The molecular formula is C20H26O4. The van der Waals surface area contributed by atoms with Crippen molar-refractivity contribution in [3.63, 3.8) is 0 Å². The number of ether oxygens (including phenoxy) is 2. The quantitative estimate of drug-likeness (QED) is 0.537. The molecule has 0 N–H and O–H groups in total. The normalized spacial score (nSPS) is 9.83. The number of hydrogen-bond donors (Lipinski definition) is 0. The van der Waals surface area contributed by atoms with Gasteiger partial charge in [0, 0.05) is 0 Å². The van der Waals surface area contributed by atoms with Crippen molar-refractivity contribution in [2.24, 2.45) is 0 Å². The van der Waals surface area contributed by atoms with E-state index >= 15 is 0 Å². The first-order chi connectivity index (χ1) is 11.4. The second kappa shape index (κ2) is 10.4. The van der Waals surface area contributed by atoms with Gasteiger partial charge in [-0.1, -0.05) is 35.4 Å². The fraction of sp³-hybridized carbons (Fsp3) is 0.400. The van der Waals surface area contributed by atoms with Crippen LogP contribution in [0.25, 0.3) is 0 Å². The number of carbonyl (C=O) groups excluding carboxylic acids is 2. The summed E-state index contributed by atoms with van der Waals surface area (Å²) in [6, 6.07) is 7.34. The maximum atomic E-state index is 11.7. The molecule has 24 heavy (non-hydrogen) atoms. The van der Waals surface area contributed by atoms with Crippen LogP contribution < -0.4 is 0 Å². The second-order valence-corrected chi connectivity index (χ2v) is 6.10. The molecule has 130 valence electrons. The van der Waals surface area contributed by atoms with Gasteiger partial charge in [-0.05, 0) is 51.0 Å². The molecule has 0 aliphatic heterocycles. The molecule has 0 atom stereocenters. The molecule has 0 saturated carbocycles. The summed E-state index contributed by atoms with van der Waals surface area (Å²) in [4.78, 5) is 23.4. The standard InChI is InChI=1S/C20H26O4/c1-15(2)9-11-23-19(21)13-17-5-7-18(8-6-17)14-20(22)24-12-10-16(3)4/h5-10H,11-14H2,1-4H3. The van der Waals surface area contributed by atoms with Gasteiger partial charge in [-0.15, -0.1) is 0 Å². The van der Waals surface area contributed by atoms with Crippen LogP contribution in [0.4, 0.5) is 0 Å². The largest absolute Gasteiger partial charge is 0.461 e. The van der Waals surface area contributed by atoms with Gasteiger partial charge in [0.1, 0.15) is 13.2 Å². The lowest BCUT2D eigenvalue weighted by Crippen LogP contribution is -2.09. The van der Waals surface area contributed by atoms with Gasteiger partial charge >= 0.3 is 11.9 Å². The van der Waals surface area contributed by atoms with Crippen LogP contribution in [0.1, 0.15) is 38.8 Å². The van der Waals surface area contributed by atoms with Gasteiger partial charge in [0.25, 0.3) is 0 Å². The van der Waals surface area contributed by atoms with Crippen LogP contribution in [0.15, 0.2) is 47.6 Å². The molecule has 0 saturated heterocycles. The molecular weight excluding hydrogens is 304 g/mol. The maximum Gasteiger partial charge on any atom is 0.310 e. The van der Waals surface area contributed by atoms with Crippen molar-refractivity contribution < 1.29 is 19.1 Å². The van der Waals surface area contributed by atoms with Crippen molar-refractivity contribution in [2.45, 2.75) is 40.5 Å². The first-order valence-electron chi connectivity index (χ1n) is 8.02. The fourth-order valence-corrected chi connectivity index (χ4v) is 1.81. The number of carbonyl (C=O) groups is 2. The average Bonchev–Trinajstić information content (AvgIpc) is 2.48. The summed E-state index contributed by atoms with van der Waals surface area (Å²) < 4.78 is 10.2. The zero-order chi connectivity index (χ0) is 17.9. The van der Waals surface area contributed by atoms with Crippen LogP contribution >= 0.6 is 0 Å². The van der Waals surface area contributed by atoms with E-state index in [9.17, 15) is 9.59 Å². The smallest absolute Gasteiger partial charge is 0.310 e. The van der Waals surface area contributed by atoms with E-state index in [0.29, 0.717) is 13.2 Å². The number of hydrogen-bond acceptors (Lipinski definition) is 4. The van der Waals surface area contributed by atoms with E-state index < -0.39 is 0 Å². The predicted octanol–water partition coefficient (Wildman–Crippen LogP) is 3.79. The van der Waals surface area contributed by atoms with Crippen molar-refractivity contribution in [3.8, 4) is 0 Å². The van der Waals surface area contributed by atoms with E-state index in [1.165, 1.54) is 0 Å². The van der Waals surface area contributed by atoms with E-state index in [1.54, 1.807) is 0 Å². The monoisotopic (exact) mass is 330 g/mol. The van der Waals surface area contributed by atoms with Crippen molar-refractivity contribution in [1.29, 1.82) is 0 Å². The molecule has 1 aromatic rings. The van der Waals surface area contributed by atoms with E-state index in [0.717, 1.165) is 22.3 Å². The molecule has 0 spiro atoms. The van der Waals surface area contributed by atoms with Crippen LogP contribution in [-0.4, -0.2) is 25.2 Å². The van der Waals surface area contributed by atoms with Crippen molar-refractivity contribution in [1.82, 2.24) is 0 Å². The lowest BCUT2D eigenvalue weighted by Gasteiger charge is -2.05. The molecule has 0 aliphatic carbocycles. The van der Waals surface area contributed by atoms with Crippen LogP contribution in [0.5, 0.6) is 0 Å². The van der Waals surface area contributed by atoms with E-state index in [-0.39, 0.29) is 24.8 Å². The summed E-state index contributed by atoms with van der Waals surface area (Å²) in [6.45, 7) is 8.43. The summed E-state index contributed by atoms with van der Waals surface area (Å²) in [5.41, 5.74) is 3.95. The van der Waals surface area contributed by atoms with Gasteiger partial charge < -0.3 is 9.47 Å². The zero-order valence-electron chi connectivity index (χ0n) is 14.9. The van der Waals surface area contributed by atoms with Crippen LogP contribution in [0.2, 0.25) is 0 Å². The van der Waals surface area contributed by atoms with Crippen LogP contribution in [-0.2, 0) is 31.9 Å². The molecule has 0 bridgehead atoms. The molecule has 1 rings (SSSR count). The van der Waals surface area contributed by atoms with Crippen LogP contribution in [0, 0.1) is 0 Å². The Kier molecular flexibility index (Phi) is 8.55. The first kappa shape index (κ1) is 19.7. The van der Waals surface area contributed by atoms with Gasteiger partial charge in [-0.2, -0.15) is 0 Å². The Bertz CT molecular complexity index is 546. The minimum absolute atomic E-state index is 0.224. The van der Waals surface area contributed by atoms with Crippen molar-refractivity contribution in [2.75, 3.05) is 13.2 Å². The molecule has 4 heteroatoms. The third-order valence-electron chi connectivity index (χ3n) is 3.19. The van der Waals surface area contributed by atoms with Gasteiger partial charge in [0.15, 0.2) is 0 Å². The Morgan fingerprint density at radius 2 is 1.08 bits per heavy atom. The number of benzene rings is 1. The van der Waals surface area contributed by atoms with E-state index in [1.807, 2.05) is 64.1 Å². The Morgan fingerprint density at radius 1 is 0.750 bits per heavy atom. The van der Waals surface area contributed by atoms with Gasteiger partial charge in [-0.25, -0.2) is 0 Å². The first-order valence-corrected chi connectivity index (χ1v) is 8.02. The number of rotatable bonds is 8. The van der Waals surface area contributed by atoms with E-state index in [4.69, 9.17) is 9.47 Å². The Labute approximate surface area is 144 Å². The second-order valence-electron chi connectivity index (χ2n) is 6.10. The molecule has 0 amide bonds. The highest BCUT2D eigenvalue weighted by molar-refractivity contribution is 5.74. The summed E-state index contributed by atoms with van der Waals surface area (Å²) in [6.07, 6.45) is 4.17. The van der Waals surface area contributed by atoms with Crippen molar-refractivity contribution in [3.05, 3.63) is 58.7 Å². The highest BCUT2D eigenvalue weighted by atomic mass is 16.5. The Balaban J connectivity index is 2.42. The highest BCUT2D eigenvalue weighted by Gasteiger charge is 2.07. The maximum absolute atomic E-state index is 11.7. The molecule has 1 aromatic carbocycles. The number of esters is 2. The SMILES string of the molecule is CC(C)=CCOC(=O)Cc1ccc(CC(=O)OCC=C(C)C)cc1. The van der Waals surface area contributed by atoms with Gasteiger partial charge in [0.05, 0.1) is 12.8 Å². The molecule has 0 fully saturated rings. The Morgan fingerprint density at radius 3 is 1.38 bits per heavy atom. The fourth-order valence-electron chi connectivity index (χ4n) is 1.81. The Hall–Kier alpha value is -2.36.